The van der Waals surface area contributed by atoms with Crippen LogP contribution >= 0.6 is 0 Å². The summed E-state index contributed by atoms with van der Waals surface area (Å²) < 4.78 is 0. The number of aliphatic carboxylic acids is 1. The Balaban J connectivity index is 0.000000749. The van der Waals surface area contributed by atoms with Crippen molar-refractivity contribution < 1.29 is 20.1 Å². The molecule has 28 heavy (non-hydrogen) atoms. The summed E-state index contributed by atoms with van der Waals surface area (Å²) in [6.07, 6.45) is 23.3. The number of unbranched alkanes of at least 4 members (excludes halogenated alkanes) is 7. The largest absolute Gasteiger partial charge is 0.508 e. The third-order valence-corrected chi connectivity index (χ3v) is 3.92. The minimum atomic E-state index is -0.677. The zero-order chi connectivity index (χ0) is 20.9. The third-order valence-electron chi connectivity index (χ3n) is 3.92. The van der Waals surface area contributed by atoms with Crippen LogP contribution in [0.15, 0.2) is 60.7 Å². The number of aromatic hydroxyl groups is 2. The van der Waals surface area contributed by atoms with Gasteiger partial charge in [0.05, 0.1) is 0 Å². The molecule has 0 saturated heterocycles. The monoisotopic (exact) mass is 388 g/mol. The lowest BCUT2D eigenvalue weighted by molar-refractivity contribution is -0.137. The second-order valence-corrected chi connectivity index (χ2v) is 6.60. The molecule has 0 aliphatic rings. The molecular weight excluding hydrogens is 352 g/mol. The summed E-state index contributed by atoms with van der Waals surface area (Å²) >= 11 is 0. The zero-order valence-electron chi connectivity index (χ0n) is 17.1. The second kappa shape index (κ2) is 19.3. The minimum absolute atomic E-state index is 0.0880. The van der Waals surface area contributed by atoms with E-state index in [4.69, 9.17) is 15.3 Å². The van der Waals surface area contributed by atoms with Gasteiger partial charge in [-0.2, -0.15) is 0 Å². The van der Waals surface area contributed by atoms with Crippen molar-refractivity contribution >= 4 is 5.97 Å². The molecule has 0 heterocycles. The Bertz CT molecular complexity index is 571. The number of carboxylic acid groups (broad SMARTS) is 1. The summed E-state index contributed by atoms with van der Waals surface area (Å²) in [5.41, 5.74) is 0. The molecule has 4 nitrogen and oxygen atoms in total. The molecule has 0 bridgehead atoms. The zero-order valence-corrected chi connectivity index (χ0v) is 17.1. The van der Waals surface area contributed by atoms with Gasteiger partial charge in [-0.3, -0.25) is 4.79 Å². The highest BCUT2D eigenvalue weighted by Crippen LogP contribution is 2.14. The third kappa shape index (κ3) is 19.8. The highest BCUT2D eigenvalue weighted by atomic mass is 16.4. The molecule has 0 aliphatic heterocycles. The van der Waals surface area contributed by atoms with Crippen LogP contribution in [0.4, 0.5) is 0 Å². The van der Waals surface area contributed by atoms with Gasteiger partial charge >= 0.3 is 5.97 Å². The molecule has 3 N–H and O–H groups in total. The van der Waals surface area contributed by atoms with Crippen molar-refractivity contribution in [3.05, 3.63) is 60.7 Å². The van der Waals surface area contributed by atoms with Crippen LogP contribution in [0.2, 0.25) is 0 Å². The normalized spacial score (nSPS) is 11.2. The van der Waals surface area contributed by atoms with Crippen LogP contribution in [0, 0.1) is 0 Å². The lowest BCUT2D eigenvalue weighted by Gasteiger charge is -1.97. The van der Waals surface area contributed by atoms with Gasteiger partial charge < -0.3 is 15.3 Å². The van der Waals surface area contributed by atoms with Gasteiger partial charge in [0.25, 0.3) is 0 Å². The van der Waals surface area contributed by atoms with Gasteiger partial charge in [0.1, 0.15) is 11.5 Å². The van der Waals surface area contributed by atoms with Gasteiger partial charge in [-0.15, -0.1) is 0 Å². The van der Waals surface area contributed by atoms with E-state index in [1.54, 1.807) is 6.07 Å². The fourth-order valence-corrected chi connectivity index (χ4v) is 2.36. The van der Waals surface area contributed by atoms with E-state index in [0.29, 0.717) is 6.42 Å². The second-order valence-electron chi connectivity index (χ2n) is 6.60. The molecular formula is C24H36O4. The predicted octanol–water partition coefficient (Wildman–Crippen LogP) is 6.76. The fourth-order valence-electron chi connectivity index (χ4n) is 2.36. The van der Waals surface area contributed by atoms with Gasteiger partial charge in [0, 0.05) is 12.5 Å². The first-order chi connectivity index (χ1) is 13.6. The Morgan fingerprint density at radius 3 is 1.86 bits per heavy atom. The smallest absolute Gasteiger partial charge is 0.303 e. The summed E-state index contributed by atoms with van der Waals surface area (Å²) in [6, 6.07) is 5.85. The molecule has 0 radical (unpaired) electrons. The molecule has 0 unspecified atom stereocenters. The van der Waals surface area contributed by atoms with Crippen molar-refractivity contribution in [3.8, 4) is 11.5 Å². The highest BCUT2D eigenvalue weighted by Gasteiger charge is 1.95. The van der Waals surface area contributed by atoms with Gasteiger partial charge in [-0.05, 0) is 37.8 Å². The highest BCUT2D eigenvalue weighted by molar-refractivity contribution is 5.66. The van der Waals surface area contributed by atoms with E-state index < -0.39 is 5.97 Å². The topological polar surface area (TPSA) is 77.8 Å². The van der Waals surface area contributed by atoms with E-state index in [2.05, 4.69) is 43.4 Å². The summed E-state index contributed by atoms with van der Waals surface area (Å²) in [5, 5.41) is 25.8. The number of benzene rings is 1. The molecule has 0 aliphatic carbocycles. The Hall–Kier alpha value is -2.49. The number of hydrogen-bond donors (Lipinski definition) is 3. The first-order valence-corrected chi connectivity index (χ1v) is 10.2. The fraction of sp³-hybridized carbons (Fsp3) is 0.458. The number of phenolic OH excluding ortho intramolecular Hbond substituents is 2. The lowest BCUT2D eigenvalue weighted by Crippen LogP contribution is -1.93. The number of carbonyl (C=O) groups is 1. The first kappa shape index (κ1) is 25.5. The summed E-state index contributed by atoms with van der Waals surface area (Å²) in [6.45, 7) is 2.21. The van der Waals surface area contributed by atoms with Crippen LogP contribution in [0.1, 0.15) is 71.1 Å². The maximum Gasteiger partial charge on any atom is 0.303 e. The number of hydrogen-bond acceptors (Lipinski definition) is 3. The molecule has 1 aromatic carbocycles. The molecule has 1 aromatic rings. The Labute approximate surface area is 169 Å². The van der Waals surface area contributed by atoms with Gasteiger partial charge in [-0.1, -0.05) is 81.6 Å². The van der Waals surface area contributed by atoms with E-state index in [1.165, 1.54) is 50.3 Å². The molecule has 0 spiro atoms. The van der Waals surface area contributed by atoms with Crippen LogP contribution in [0.5, 0.6) is 11.5 Å². The quantitative estimate of drug-likeness (QED) is 0.258. The van der Waals surface area contributed by atoms with Crippen molar-refractivity contribution in [1.82, 2.24) is 0 Å². The van der Waals surface area contributed by atoms with Gasteiger partial charge in [-0.25, -0.2) is 0 Å². The van der Waals surface area contributed by atoms with Crippen LogP contribution in [-0.2, 0) is 4.79 Å². The Kier molecular flexibility index (Phi) is 17.6. The van der Waals surface area contributed by atoms with Crippen LogP contribution < -0.4 is 0 Å². The molecule has 0 saturated carbocycles. The predicted molar refractivity (Wildman–Crippen MR) is 117 cm³/mol. The Morgan fingerprint density at radius 1 is 0.821 bits per heavy atom. The van der Waals surface area contributed by atoms with Crippen LogP contribution in [-0.4, -0.2) is 21.3 Å². The van der Waals surface area contributed by atoms with E-state index in [9.17, 15) is 4.79 Å². The van der Waals surface area contributed by atoms with E-state index in [1.807, 2.05) is 0 Å². The summed E-state index contributed by atoms with van der Waals surface area (Å²) in [7, 11) is 0. The number of phenols is 2. The number of carboxylic acids is 1. The van der Waals surface area contributed by atoms with Crippen molar-refractivity contribution in [2.24, 2.45) is 0 Å². The molecule has 0 amide bonds. The minimum Gasteiger partial charge on any atom is -0.508 e. The Morgan fingerprint density at radius 2 is 1.36 bits per heavy atom. The molecule has 1 rings (SSSR count). The average molecular weight is 389 g/mol. The maximum atomic E-state index is 10.3. The standard InChI is InChI=1S/C18H30O2.C6H6O2/c1-2-3-4-5-6-7-8-9-10-11-12-13-14-15-16-17-18(19)20;7-5-2-1-3-6(8)4-5/h5-10H,2-4,11-17H2,1H3,(H,19,20);1-4,7-8H. The van der Waals surface area contributed by atoms with Crippen LogP contribution in [0.25, 0.3) is 0 Å². The maximum absolute atomic E-state index is 10.3. The number of rotatable bonds is 13. The average Bonchev–Trinajstić information content (AvgIpc) is 2.65. The van der Waals surface area contributed by atoms with Crippen molar-refractivity contribution in [3.63, 3.8) is 0 Å². The van der Waals surface area contributed by atoms with Gasteiger partial charge in [0.15, 0.2) is 0 Å². The van der Waals surface area contributed by atoms with E-state index in [-0.39, 0.29) is 11.5 Å². The molecule has 156 valence electrons. The van der Waals surface area contributed by atoms with Crippen LogP contribution in [0.3, 0.4) is 0 Å². The first-order valence-electron chi connectivity index (χ1n) is 10.2. The van der Waals surface area contributed by atoms with Gasteiger partial charge in [0.2, 0.25) is 0 Å². The summed E-state index contributed by atoms with van der Waals surface area (Å²) in [4.78, 5) is 10.3. The van der Waals surface area contributed by atoms with Crippen molar-refractivity contribution in [1.29, 1.82) is 0 Å². The van der Waals surface area contributed by atoms with Crippen molar-refractivity contribution in [2.75, 3.05) is 0 Å². The molecule has 4 heteroatoms. The summed E-state index contributed by atoms with van der Waals surface area (Å²) in [5.74, 6) is -0.501. The van der Waals surface area contributed by atoms with E-state index in [0.717, 1.165) is 25.7 Å². The molecule has 0 aromatic heterocycles. The molecule has 0 atom stereocenters. The molecule has 0 fully saturated rings. The van der Waals surface area contributed by atoms with E-state index >= 15 is 0 Å². The van der Waals surface area contributed by atoms with Crippen molar-refractivity contribution in [2.45, 2.75) is 71.1 Å². The lowest BCUT2D eigenvalue weighted by atomic mass is 10.1. The SMILES string of the molecule is CCCCC=CC=CC=CCCCCCCCC(=O)O.Oc1cccc(O)c1. The number of allylic oxidation sites excluding steroid dienone is 6.